The number of aryl methyl sites for hydroxylation is 1. The summed E-state index contributed by atoms with van der Waals surface area (Å²) in [6, 6.07) is 47.7. The Morgan fingerprint density at radius 2 is 1.45 bits per heavy atom. The van der Waals surface area contributed by atoms with Crippen LogP contribution in [0.3, 0.4) is 0 Å². The topological polar surface area (TPSA) is 76.5 Å². The van der Waals surface area contributed by atoms with Crippen LogP contribution in [0, 0.1) is 13.0 Å². The Labute approximate surface area is 296 Å². The number of furan rings is 1. The van der Waals surface area contributed by atoms with Gasteiger partial charge < -0.3 is 9.52 Å². The van der Waals surface area contributed by atoms with E-state index >= 15 is 0 Å². The second kappa shape index (κ2) is 12.3. The van der Waals surface area contributed by atoms with Crippen molar-refractivity contribution in [3.8, 4) is 61.9 Å². The first-order valence-electron chi connectivity index (χ1n) is 15.8. The Hall–Kier alpha value is -5.84. The fourth-order valence-corrected chi connectivity index (χ4v) is 6.48. The third kappa shape index (κ3) is 5.31. The van der Waals surface area contributed by atoms with Crippen molar-refractivity contribution in [3.05, 3.63) is 151 Å². The summed E-state index contributed by atoms with van der Waals surface area (Å²) in [5, 5.41) is 17.5. The number of nitrogens with zero attached hydrogens (tertiary/aromatic N) is 4. The molecule has 0 saturated heterocycles. The van der Waals surface area contributed by atoms with Crippen molar-refractivity contribution >= 4 is 27.6 Å². The number of imidazole rings is 1. The standard InChI is InChI=1S/C42H27N4O2.Pt/c1-26-11-9-14-28(21-26)29-24-35(32-16-5-7-17-37(32)47)44-36(25-29)34-23-30(22-33-31-15-6-8-18-38(31)48-42(33)34)40-41(27-12-3-2-4-13-27)46-39(45-40)19-10-20-43-46;/h2-22,24-25,47H,1H3;/q-1;. The van der Waals surface area contributed by atoms with Crippen LogP contribution in [-0.4, -0.2) is 24.7 Å². The summed E-state index contributed by atoms with van der Waals surface area (Å²) in [4.78, 5) is 10.3. The van der Waals surface area contributed by atoms with Gasteiger partial charge in [-0.3, -0.25) is 9.97 Å². The maximum absolute atomic E-state index is 10.9. The molecule has 0 radical (unpaired) electrons. The van der Waals surface area contributed by atoms with Crippen molar-refractivity contribution in [2.45, 2.75) is 6.92 Å². The number of hydrogen-bond donors (Lipinski definition) is 1. The number of rotatable bonds is 5. The molecule has 0 amide bonds. The number of hydrogen-bond acceptors (Lipinski definition) is 5. The fraction of sp³-hybridized carbons (Fsp3) is 0.0238. The molecule has 0 aliphatic carbocycles. The van der Waals surface area contributed by atoms with Gasteiger partial charge in [0.25, 0.3) is 0 Å². The molecule has 7 heteroatoms. The van der Waals surface area contributed by atoms with E-state index in [0.29, 0.717) is 28.1 Å². The van der Waals surface area contributed by atoms with E-state index in [0.717, 1.165) is 61.2 Å². The number of pyridine rings is 1. The smallest absolute Gasteiger partial charge is 0.146 e. The molecule has 1 N–H and O–H groups in total. The summed E-state index contributed by atoms with van der Waals surface area (Å²) in [5.74, 6) is 0.161. The molecular weight excluding hydrogens is 788 g/mol. The molecule has 0 spiro atoms. The van der Waals surface area contributed by atoms with Crippen molar-refractivity contribution in [1.29, 1.82) is 0 Å². The molecule has 0 fully saturated rings. The van der Waals surface area contributed by atoms with Crippen molar-refractivity contribution in [2.24, 2.45) is 0 Å². The molecule has 0 aliphatic heterocycles. The number of aromatic hydroxyl groups is 1. The Balaban J connectivity index is 0.00000348. The van der Waals surface area contributed by atoms with Gasteiger partial charge in [-0.2, -0.15) is 5.10 Å². The number of fused-ring (bicyclic) bond motifs is 4. The van der Waals surface area contributed by atoms with Gasteiger partial charge in [0.05, 0.1) is 17.0 Å². The molecule has 5 aromatic carbocycles. The number of benzene rings is 5. The van der Waals surface area contributed by atoms with Crippen molar-refractivity contribution in [2.75, 3.05) is 0 Å². The molecule has 0 bridgehead atoms. The predicted octanol–water partition coefficient (Wildman–Crippen LogP) is 10.2. The van der Waals surface area contributed by atoms with Crippen LogP contribution in [0.25, 0.3) is 83.7 Å². The van der Waals surface area contributed by atoms with Crippen LogP contribution in [0.15, 0.2) is 144 Å². The second-order valence-corrected chi connectivity index (χ2v) is 11.9. The number of para-hydroxylation sites is 2. The van der Waals surface area contributed by atoms with E-state index in [9.17, 15) is 5.11 Å². The molecule has 0 aliphatic rings. The first-order chi connectivity index (χ1) is 23.6. The molecule has 238 valence electrons. The molecule has 0 saturated carbocycles. The maximum Gasteiger partial charge on any atom is 0.146 e. The van der Waals surface area contributed by atoms with Crippen LogP contribution >= 0.6 is 0 Å². The minimum absolute atomic E-state index is 0. The summed E-state index contributed by atoms with van der Waals surface area (Å²) in [6.45, 7) is 2.08. The van der Waals surface area contributed by atoms with Gasteiger partial charge in [-0.25, -0.2) is 4.52 Å². The van der Waals surface area contributed by atoms with Crippen LogP contribution in [0.2, 0.25) is 0 Å². The van der Waals surface area contributed by atoms with Crippen LogP contribution in [0.5, 0.6) is 5.75 Å². The van der Waals surface area contributed by atoms with E-state index in [1.54, 1.807) is 12.3 Å². The fourth-order valence-electron chi connectivity index (χ4n) is 6.48. The molecule has 9 rings (SSSR count). The average Bonchev–Trinajstić information content (AvgIpc) is 3.71. The van der Waals surface area contributed by atoms with Crippen LogP contribution in [0.4, 0.5) is 0 Å². The zero-order chi connectivity index (χ0) is 32.2. The van der Waals surface area contributed by atoms with Gasteiger partial charge in [0.15, 0.2) is 0 Å². The maximum atomic E-state index is 10.9. The van der Waals surface area contributed by atoms with Crippen molar-refractivity contribution < 1.29 is 30.6 Å². The number of phenolic OH excluding ortho intramolecular Hbond substituents is 1. The van der Waals surface area contributed by atoms with Gasteiger partial charge in [-0.05, 0) is 65.4 Å². The minimum atomic E-state index is 0. The third-order valence-electron chi connectivity index (χ3n) is 8.72. The molecule has 4 heterocycles. The molecule has 0 unspecified atom stereocenters. The zero-order valence-corrected chi connectivity index (χ0v) is 28.5. The second-order valence-electron chi connectivity index (χ2n) is 11.9. The van der Waals surface area contributed by atoms with E-state index < -0.39 is 0 Å². The average molecular weight is 815 g/mol. The number of aromatic nitrogens is 4. The minimum Gasteiger partial charge on any atom is -0.507 e. The summed E-state index contributed by atoms with van der Waals surface area (Å²) < 4.78 is 8.46. The van der Waals surface area contributed by atoms with E-state index in [2.05, 4.69) is 72.7 Å². The molecular formula is C42H27N4O2Pt-. The Kier molecular flexibility index (Phi) is 7.66. The normalized spacial score (nSPS) is 11.3. The summed E-state index contributed by atoms with van der Waals surface area (Å²) in [6.07, 6.45) is 1.77. The van der Waals surface area contributed by atoms with Crippen molar-refractivity contribution in [1.82, 2.24) is 19.6 Å². The van der Waals surface area contributed by atoms with E-state index in [1.807, 2.05) is 77.3 Å². The zero-order valence-electron chi connectivity index (χ0n) is 26.2. The first-order valence-corrected chi connectivity index (χ1v) is 15.8. The molecule has 4 aromatic heterocycles. The first kappa shape index (κ1) is 30.5. The van der Waals surface area contributed by atoms with Crippen LogP contribution in [0.1, 0.15) is 5.56 Å². The predicted molar refractivity (Wildman–Crippen MR) is 190 cm³/mol. The van der Waals surface area contributed by atoms with Crippen molar-refractivity contribution in [3.63, 3.8) is 0 Å². The van der Waals surface area contributed by atoms with E-state index in [4.69, 9.17) is 14.4 Å². The summed E-state index contributed by atoms with van der Waals surface area (Å²) in [7, 11) is 0. The van der Waals surface area contributed by atoms with E-state index in [-0.39, 0.29) is 26.8 Å². The quantitative estimate of drug-likeness (QED) is 0.175. The van der Waals surface area contributed by atoms with Crippen LogP contribution < -0.4 is 0 Å². The monoisotopic (exact) mass is 814 g/mol. The van der Waals surface area contributed by atoms with Gasteiger partial charge in [-0.1, -0.05) is 108 Å². The van der Waals surface area contributed by atoms with Gasteiger partial charge in [0.2, 0.25) is 0 Å². The van der Waals surface area contributed by atoms with Gasteiger partial charge in [0, 0.05) is 49.6 Å². The third-order valence-corrected chi connectivity index (χ3v) is 8.72. The Bertz CT molecular complexity index is 2660. The molecule has 6 nitrogen and oxygen atoms in total. The van der Waals surface area contributed by atoms with Gasteiger partial charge >= 0.3 is 0 Å². The number of phenols is 1. The SMILES string of the molecule is Cc1cccc(-c2cc(-c3ccccc3O)nc(-c3[c-]c(-c4nc5cccnn5c4-c4ccccc4)cc4c3oc3ccccc34)c2)c1.[Pt]. The van der Waals surface area contributed by atoms with Crippen LogP contribution in [-0.2, 0) is 21.1 Å². The van der Waals surface area contributed by atoms with Gasteiger partial charge in [-0.15, -0.1) is 12.1 Å². The molecule has 9 aromatic rings. The van der Waals surface area contributed by atoms with Gasteiger partial charge in [0.1, 0.15) is 17.0 Å². The molecule has 49 heavy (non-hydrogen) atoms. The summed E-state index contributed by atoms with van der Waals surface area (Å²) >= 11 is 0. The summed E-state index contributed by atoms with van der Waals surface area (Å²) in [5.41, 5.74) is 11.4. The Morgan fingerprint density at radius 1 is 0.673 bits per heavy atom. The largest absolute Gasteiger partial charge is 0.507 e. The Morgan fingerprint density at radius 3 is 2.31 bits per heavy atom. The van der Waals surface area contributed by atoms with E-state index in [1.165, 1.54) is 0 Å². The molecule has 0 atom stereocenters.